The number of anilines is 1. The fourth-order valence-electron chi connectivity index (χ4n) is 2.29. The fraction of sp³-hybridized carbons (Fsp3) is 0.176. The van der Waals surface area contributed by atoms with Crippen molar-refractivity contribution in [2.45, 2.75) is 11.0 Å². The Morgan fingerprint density at radius 1 is 1.11 bits per heavy atom. The van der Waals surface area contributed by atoms with Gasteiger partial charge in [0.15, 0.2) is 18.1 Å². The molecule has 1 heterocycles. The number of carbonyl (C=O) groups excluding carboxylic acids is 2. The van der Waals surface area contributed by atoms with Crippen molar-refractivity contribution in [3.63, 3.8) is 0 Å². The van der Waals surface area contributed by atoms with Crippen LogP contribution < -0.4 is 19.9 Å². The molecule has 1 aliphatic heterocycles. The van der Waals surface area contributed by atoms with E-state index in [0.29, 0.717) is 17.2 Å². The van der Waals surface area contributed by atoms with E-state index in [1.54, 1.807) is 24.3 Å². The van der Waals surface area contributed by atoms with Gasteiger partial charge in [-0.05, 0) is 36.4 Å². The van der Waals surface area contributed by atoms with Gasteiger partial charge in [-0.25, -0.2) is 18.4 Å². The minimum atomic E-state index is -3.81. The third-order valence-electron chi connectivity index (χ3n) is 3.58. The summed E-state index contributed by atoms with van der Waals surface area (Å²) in [6.07, 6.45) is -0.971. The second-order valence-electron chi connectivity index (χ2n) is 5.59. The molecule has 27 heavy (non-hydrogen) atoms. The van der Waals surface area contributed by atoms with Gasteiger partial charge < -0.3 is 19.5 Å². The highest BCUT2D eigenvalue weighted by Gasteiger charge is 2.29. The molecule has 0 spiro atoms. The summed E-state index contributed by atoms with van der Waals surface area (Å²) < 4.78 is 38.2. The van der Waals surface area contributed by atoms with Crippen LogP contribution in [0.15, 0.2) is 53.4 Å². The number of para-hydroxylation sites is 2. The van der Waals surface area contributed by atoms with Crippen molar-refractivity contribution in [2.24, 2.45) is 5.14 Å². The van der Waals surface area contributed by atoms with Crippen LogP contribution in [0, 0.1) is 0 Å². The Hall–Kier alpha value is -3.11. The molecule has 2 aromatic rings. The number of hydrogen-bond donors (Lipinski definition) is 2. The number of benzene rings is 2. The number of nitrogens with one attached hydrogen (secondary N) is 1. The lowest BCUT2D eigenvalue weighted by Crippen LogP contribution is -2.39. The maximum atomic E-state index is 12.0. The van der Waals surface area contributed by atoms with Crippen LogP contribution in [0.25, 0.3) is 0 Å². The summed E-state index contributed by atoms with van der Waals surface area (Å²) in [7, 11) is -3.81. The van der Waals surface area contributed by atoms with Crippen LogP contribution in [0.2, 0.25) is 0 Å². The van der Waals surface area contributed by atoms with Crippen molar-refractivity contribution in [1.29, 1.82) is 0 Å². The maximum Gasteiger partial charge on any atom is 0.351 e. The number of hydrogen-bond acceptors (Lipinski definition) is 7. The van der Waals surface area contributed by atoms with Gasteiger partial charge in [0.2, 0.25) is 16.1 Å². The predicted octanol–water partition coefficient (Wildman–Crippen LogP) is 0.656. The molecule has 0 saturated heterocycles. The van der Waals surface area contributed by atoms with Gasteiger partial charge in [0.1, 0.15) is 6.61 Å². The first kappa shape index (κ1) is 18.7. The maximum absolute atomic E-state index is 12.0. The number of fused-ring (bicyclic) bond motifs is 1. The molecular weight excluding hydrogens is 376 g/mol. The zero-order valence-electron chi connectivity index (χ0n) is 14.0. The SMILES string of the molecule is NS(=O)(=O)c1ccc(NC(=O)COC(=O)[C@H]2COc3ccccc3O2)cc1. The quantitative estimate of drug-likeness (QED) is 0.714. The first-order valence-electron chi connectivity index (χ1n) is 7.81. The van der Waals surface area contributed by atoms with E-state index in [1.165, 1.54) is 24.3 Å². The molecule has 0 radical (unpaired) electrons. The van der Waals surface area contributed by atoms with Crippen molar-refractivity contribution < 1.29 is 32.2 Å². The van der Waals surface area contributed by atoms with Crippen LogP contribution in [0.3, 0.4) is 0 Å². The van der Waals surface area contributed by atoms with Gasteiger partial charge in [-0.15, -0.1) is 0 Å². The van der Waals surface area contributed by atoms with Crippen molar-refractivity contribution in [3.05, 3.63) is 48.5 Å². The predicted molar refractivity (Wildman–Crippen MR) is 93.8 cm³/mol. The highest BCUT2D eigenvalue weighted by atomic mass is 32.2. The van der Waals surface area contributed by atoms with Crippen LogP contribution in [0.1, 0.15) is 0 Å². The van der Waals surface area contributed by atoms with Crippen molar-refractivity contribution in [1.82, 2.24) is 0 Å². The topological polar surface area (TPSA) is 134 Å². The number of primary sulfonamides is 1. The molecule has 1 atom stereocenters. The third kappa shape index (κ3) is 4.74. The largest absolute Gasteiger partial charge is 0.485 e. The number of rotatable bonds is 5. The molecule has 9 nitrogen and oxygen atoms in total. The van der Waals surface area contributed by atoms with Crippen molar-refractivity contribution in [2.75, 3.05) is 18.5 Å². The molecule has 0 saturated carbocycles. The number of amides is 1. The van der Waals surface area contributed by atoms with E-state index >= 15 is 0 Å². The molecule has 1 amide bonds. The van der Waals surface area contributed by atoms with Gasteiger partial charge in [-0.1, -0.05) is 12.1 Å². The Labute approximate surface area is 155 Å². The molecule has 10 heteroatoms. The normalized spacial score (nSPS) is 15.7. The minimum Gasteiger partial charge on any atom is -0.485 e. The Bertz CT molecular complexity index is 958. The second kappa shape index (κ2) is 7.64. The lowest BCUT2D eigenvalue weighted by atomic mass is 10.2. The molecule has 142 valence electrons. The smallest absolute Gasteiger partial charge is 0.351 e. The first-order valence-corrected chi connectivity index (χ1v) is 9.35. The highest BCUT2D eigenvalue weighted by Crippen LogP contribution is 2.31. The van der Waals surface area contributed by atoms with E-state index in [1.807, 2.05) is 0 Å². The fourth-order valence-corrected chi connectivity index (χ4v) is 2.81. The Morgan fingerprint density at radius 3 is 2.44 bits per heavy atom. The standard InChI is InChI=1S/C17H16N2O7S/c18-27(22,23)12-7-5-11(6-8-12)19-16(20)10-25-17(21)15-9-24-13-3-1-2-4-14(13)26-15/h1-8,15H,9-10H2,(H,19,20)(H2,18,22,23)/t15-/m1/s1. The van der Waals surface area contributed by atoms with E-state index in [9.17, 15) is 18.0 Å². The highest BCUT2D eigenvalue weighted by molar-refractivity contribution is 7.89. The van der Waals surface area contributed by atoms with Gasteiger partial charge >= 0.3 is 5.97 Å². The summed E-state index contributed by atoms with van der Waals surface area (Å²) in [4.78, 5) is 23.8. The number of ether oxygens (including phenoxy) is 3. The number of nitrogens with two attached hydrogens (primary N) is 1. The van der Waals surface area contributed by atoms with Gasteiger partial charge in [0, 0.05) is 5.69 Å². The van der Waals surface area contributed by atoms with Crippen LogP contribution in [-0.2, 0) is 24.3 Å². The lowest BCUT2D eigenvalue weighted by Gasteiger charge is -2.24. The average Bonchev–Trinajstić information content (AvgIpc) is 2.65. The number of carbonyl (C=O) groups is 2. The van der Waals surface area contributed by atoms with Crippen LogP contribution in [-0.4, -0.2) is 39.6 Å². The van der Waals surface area contributed by atoms with Gasteiger partial charge in [-0.3, -0.25) is 4.79 Å². The van der Waals surface area contributed by atoms with Crippen LogP contribution in [0.5, 0.6) is 11.5 Å². The minimum absolute atomic E-state index is 0.0213. The molecule has 0 bridgehead atoms. The molecule has 3 N–H and O–H groups in total. The summed E-state index contributed by atoms with van der Waals surface area (Å²) in [5.74, 6) is -0.375. The molecule has 1 aliphatic rings. The van der Waals surface area contributed by atoms with Crippen LogP contribution >= 0.6 is 0 Å². The molecule has 3 rings (SSSR count). The zero-order valence-corrected chi connectivity index (χ0v) is 14.8. The molecular formula is C17H16N2O7S. The first-order chi connectivity index (χ1) is 12.8. The van der Waals surface area contributed by atoms with E-state index in [0.717, 1.165) is 0 Å². The summed E-state index contributed by atoms with van der Waals surface area (Å²) in [6, 6.07) is 12.1. The van der Waals surface area contributed by atoms with E-state index < -0.39 is 34.6 Å². The van der Waals surface area contributed by atoms with Gasteiger partial charge in [-0.2, -0.15) is 0 Å². The molecule has 0 unspecified atom stereocenters. The Kier molecular flexibility index (Phi) is 5.28. The molecule has 0 aliphatic carbocycles. The van der Waals surface area contributed by atoms with Crippen molar-refractivity contribution >= 4 is 27.6 Å². The van der Waals surface area contributed by atoms with E-state index in [4.69, 9.17) is 19.3 Å². The average molecular weight is 392 g/mol. The summed E-state index contributed by atoms with van der Waals surface area (Å²) in [5.41, 5.74) is 0.328. The van der Waals surface area contributed by atoms with Gasteiger partial charge in [0.05, 0.1) is 4.90 Å². The third-order valence-corrected chi connectivity index (χ3v) is 4.51. The molecule has 2 aromatic carbocycles. The van der Waals surface area contributed by atoms with E-state index in [2.05, 4.69) is 5.32 Å². The van der Waals surface area contributed by atoms with Crippen molar-refractivity contribution in [3.8, 4) is 11.5 Å². The lowest BCUT2D eigenvalue weighted by molar-refractivity contribution is -0.156. The number of esters is 1. The monoisotopic (exact) mass is 392 g/mol. The summed E-state index contributed by atoms with van der Waals surface area (Å²) >= 11 is 0. The number of sulfonamides is 1. The molecule has 0 fully saturated rings. The Balaban J connectivity index is 1.50. The Morgan fingerprint density at radius 2 is 1.78 bits per heavy atom. The summed E-state index contributed by atoms with van der Waals surface area (Å²) in [6.45, 7) is -0.552. The second-order valence-corrected chi connectivity index (χ2v) is 7.15. The van der Waals surface area contributed by atoms with E-state index in [-0.39, 0.29) is 11.5 Å². The van der Waals surface area contributed by atoms with Crippen LogP contribution in [0.4, 0.5) is 5.69 Å². The van der Waals surface area contributed by atoms with Gasteiger partial charge in [0.25, 0.3) is 5.91 Å². The molecule has 0 aromatic heterocycles. The summed E-state index contributed by atoms with van der Waals surface area (Å²) in [5, 5.41) is 7.47. The zero-order chi connectivity index (χ0) is 19.4.